The number of hydrogen-bond donors (Lipinski definition) is 3. The van der Waals surface area contributed by atoms with Crippen LogP contribution < -0.4 is 25.5 Å². The van der Waals surface area contributed by atoms with E-state index in [2.05, 4.69) is 10.3 Å². The molecule has 0 fully saturated rings. The predicted octanol–water partition coefficient (Wildman–Crippen LogP) is -0.124. The van der Waals surface area contributed by atoms with Crippen LogP contribution in [0.4, 0.5) is 5.69 Å². The van der Waals surface area contributed by atoms with Crippen LogP contribution in [-0.2, 0) is 20.0 Å². The molecule has 0 saturated heterocycles. The van der Waals surface area contributed by atoms with Gasteiger partial charge in [-0.25, -0.2) is 27.1 Å². The van der Waals surface area contributed by atoms with Crippen LogP contribution >= 0.6 is 0 Å². The summed E-state index contributed by atoms with van der Waals surface area (Å²) in [6.07, 6.45) is 0. The van der Waals surface area contributed by atoms with Gasteiger partial charge < -0.3 is 15.2 Å². The van der Waals surface area contributed by atoms with Gasteiger partial charge in [-0.2, -0.15) is 0 Å². The number of ether oxygens (including phenoxy) is 2. The molecule has 23 heavy (non-hydrogen) atoms. The van der Waals surface area contributed by atoms with Crippen molar-refractivity contribution in [3.8, 4) is 11.5 Å². The number of methoxy groups -OCH3 is 2. The zero-order chi connectivity index (χ0) is 18.7. The van der Waals surface area contributed by atoms with Gasteiger partial charge in [0, 0.05) is 6.07 Å². The lowest BCUT2D eigenvalue weighted by Crippen LogP contribution is -2.13. The quantitative estimate of drug-likeness (QED) is 0.620. The third-order valence-corrected chi connectivity index (χ3v) is 3.85. The molecular weight excluding hydrogens is 346 g/mol. The highest BCUT2D eigenvalue weighted by molar-refractivity contribution is 7.89. The van der Waals surface area contributed by atoms with Crippen molar-refractivity contribution in [3.05, 3.63) is 18.2 Å². The Morgan fingerprint density at radius 1 is 0.913 bits per heavy atom. The molecule has 0 unspecified atom stereocenters. The molecule has 1 aromatic carbocycles. The second-order valence-corrected chi connectivity index (χ2v) is 7.82. The number of nitrogen functional groups attached to an aromatic ring is 1. The summed E-state index contributed by atoms with van der Waals surface area (Å²) in [6, 6.07) is 5.28. The van der Waals surface area contributed by atoms with Crippen LogP contribution in [0, 0.1) is 0 Å². The Morgan fingerprint density at radius 2 is 1.30 bits per heavy atom. The maximum absolute atomic E-state index is 9.78. The molecular formula is C12H25N3O6S2. The number of sulfonamides is 2. The standard InChI is InChI=1S/C8H11NO2.2C2H7NO2S/c1-10-6-3-4-7(9)8(5-6)11-2;2*1-2-6(3,4)5/h3-5H,9H2,1-2H3;2*2H2,1H3,(H2,3,4,5). The maximum atomic E-state index is 9.78. The van der Waals surface area contributed by atoms with Gasteiger partial charge in [-0.3, -0.25) is 0 Å². The highest BCUT2D eigenvalue weighted by Crippen LogP contribution is 2.25. The summed E-state index contributed by atoms with van der Waals surface area (Å²) in [5.74, 6) is 1.43. The van der Waals surface area contributed by atoms with E-state index in [1.54, 1.807) is 32.4 Å². The molecule has 11 heteroatoms. The molecule has 6 N–H and O–H groups in total. The number of hydrogen-bond acceptors (Lipinski definition) is 7. The first kappa shape index (κ1) is 23.7. The lowest BCUT2D eigenvalue weighted by molar-refractivity contribution is 0.395. The third kappa shape index (κ3) is 15.1. The summed E-state index contributed by atoms with van der Waals surface area (Å²) in [7, 11) is -3.15. The first-order chi connectivity index (χ1) is 10.4. The molecule has 0 spiro atoms. The fraction of sp³-hybridized carbons (Fsp3) is 0.500. The van der Waals surface area contributed by atoms with Crippen LogP contribution in [0.1, 0.15) is 13.8 Å². The molecule has 1 rings (SSSR count). The summed E-state index contributed by atoms with van der Waals surface area (Å²) in [4.78, 5) is 0. The van der Waals surface area contributed by atoms with Crippen LogP contribution in [0.15, 0.2) is 18.2 Å². The smallest absolute Gasteiger partial charge is 0.208 e. The Labute approximate surface area is 137 Å². The van der Waals surface area contributed by atoms with E-state index in [0.29, 0.717) is 11.4 Å². The average molecular weight is 371 g/mol. The molecule has 9 nitrogen and oxygen atoms in total. The molecule has 0 amide bonds. The van der Waals surface area contributed by atoms with Gasteiger partial charge in [0.1, 0.15) is 11.5 Å². The maximum Gasteiger partial charge on any atom is 0.208 e. The lowest BCUT2D eigenvalue weighted by Gasteiger charge is -2.05. The van der Waals surface area contributed by atoms with Crippen LogP contribution in [0.2, 0.25) is 0 Å². The fourth-order valence-corrected chi connectivity index (χ4v) is 0.818. The van der Waals surface area contributed by atoms with E-state index in [1.807, 2.05) is 0 Å². The third-order valence-electron chi connectivity index (χ3n) is 2.25. The minimum Gasteiger partial charge on any atom is -0.497 e. The van der Waals surface area contributed by atoms with Gasteiger partial charge in [-0.1, -0.05) is 0 Å². The van der Waals surface area contributed by atoms with Gasteiger partial charge >= 0.3 is 0 Å². The number of anilines is 1. The zero-order valence-corrected chi connectivity index (χ0v) is 15.3. The second-order valence-electron chi connectivity index (χ2n) is 4.01. The minimum absolute atomic E-state index is 0.0208. The van der Waals surface area contributed by atoms with E-state index in [1.165, 1.54) is 13.8 Å². The van der Waals surface area contributed by atoms with Crippen LogP contribution in [-0.4, -0.2) is 42.6 Å². The number of rotatable bonds is 4. The number of nitrogens with two attached hydrogens (primary N) is 3. The molecule has 1 aromatic rings. The topological polar surface area (TPSA) is 165 Å². The van der Waals surface area contributed by atoms with Gasteiger partial charge in [0.15, 0.2) is 0 Å². The van der Waals surface area contributed by atoms with Crippen molar-refractivity contribution in [1.29, 1.82) is 0 Å². The van der Waals surface area contributed by atoms with Crippen molar-refractivity contribution in [2.45, 2.75) is 13.8 Å². The molecule has 0 aliphatic rings. The summed E-state index contributed by atoms with van der Waals surface area (Å²) >= 11 is 0. The van der Waals surface area contributed by atoms with Gasteiger partial charge in [0.05, 0.1) is 31.4 Å². The Balaban J connectivity index is 0. The molecule has 0 heterocycles. The lowest BCUT2D eigenvalue weighted by atomic mass is 10.3. The van der Waals surface area contributed by atoms with E-state index in [9.17, 15) is 16.8 Å². The Kier molecular flexibility index (Phi) is 11.4. The van der Waals surface area contributed by atoms with Gasteiger partial charge in [-0.05, 0) is 26.0 Å². The molecule has 0 radical (unpaired) electrons. The molecule has 136 valence electrons. The molecule has 0 aliphatic carbocycles. The summed E-state index contributed by atoms with van der Waals surface area (Å²) in [5.41, 5.74) is 6.19. The van der Waals surface area contributed by atoms with E-state index >= 15 is 0 Å². The van der Waals surface area contributed by atoms with Crippen molar-refractivity contribution in [2.24, 2.45) is 10.3 Å². The first-order valence-electron chi connectivity index (χ1n) is 6.38. The predicted molar refractivity (Wildman–Crippen MR) is 91.3 cm³/mol. The van der Waals surface area contributed by atoms with Crippen molar-refractivity contribution >= 4 is 25.7 Å². The van der Waals surface area contributed by atoms with Gasteiger partial charge in [-0.15, -0.1) is 0 Å². The number of benzene rings is 1. The molecule has 0 saturated carbocycles. The summed E-state index contributed by atoms with van der Waals surface area (Å²) in [6.45, 7) is 2.99. The molecule has 0 bridgehead atoms. The van der Waals surface area contributed by atoms with E-state index < -0.39 is 20.0 Å². The van der Waals surface area contributed by atoms with Crippen LogP contribution in [0.3, 0.4) is 0 Å². The van der Waals surface area contributed by atoms with Crippen molar-refractivity contribution < 1.29 is 26.3 Å². The molecule has 0 atom stereocenters. The highest BCUT2D eigenvalue weighted by Gasteiger charge is 1.99. The largest absolute Gasteiger partial charge is 0.497 e. The second kappa shape index (κ2) is 11.0. The monoisotopic (exact) mass is 371 g/mol. The Morgan fingerprint density at radius 3 is 1.57 bits per heavy atom. The number of primary sulfonamides is 2. The van der Waals surface area contributed by atoms with Gasteiger partial charge in [0.2, 0.25) is 20.0 Å². The highest BCUT2D eigenvalue weighted by atomic mass is 32.2. The zero-order valence-electron chi connectivity index (χ0n) is 13.6. The summed E-state index contributed by atoms with van der Waals surface area (Å²) in [5, 5.41) is 9.01. The van der Waals surface area contributed by atoms with Crippen LogP contribution in [0.5, 0.6) is 11.5 Å². The van der Waals surface area contributed by atoms with Crippen LogP contribution in [0.25, 0.3) is 0 Å². The van der Waals surface area contributed by atoms with Crippen molar-refractivity contribution in [1.82, 2.24) is 0 Å². The minimum atomic E-state index is -3.16. The normalized spacial score (nSPS) is 10.5. The Bertz CT molecular complexity index is 627. The van der Waals surface area contributed by atoms with Gasteiger partial charge in [0.25, 0.3) is 0 Å². The molecule has 0 aliphatic heterocycles. The Hall–Kier alpha value is -1.56. The fourth-order valence-electron chi connectivity index (χ4n) is 0.818. The average Bonchev–Trinajstić information content (AvgIpc) is 2.47. The molecule has 0 aromatic heterocycles. The van der Waals surface area contributed by atoms with E-state index in [-0.39, 0.29) is 11.5 Å². The first-order valence-corrected chi connectivity index (χ1v) is 9.81. The van der Waals surface area contributed by atoms with Crippen molar-refractivity contribution in [2.75, 3.05) is 31.5 Å². The SMILES string of the molecule is CCS(N)(=O)=O.CCS(N)(=O)=O.COc1ccc(N)c(OC)c1. The van der Waals surface area contributed by atoms with Crippen molar-refractivity contribution in [3.63, 3.8) is 0 Å². The van der Waals surface area contributed by atoms with E-state index in [0.717, 1.165) is 5.75 Å². The van der Waals surface area contributed by atoms with E-state index in [4.69, 9.17) is 15.2 Å². The summed E-state index contributed by atoms with van der Waals surface area (Å²) < 4.78 is 49.1.